The summed E-state index contributed by atoms with van der Waals surface area (Å²) in [6.07, 6.45) is 3.16. The first-order chi connectivity index (χ1) is 6.31. The lowest BCUT2D eigenvalue weighted by molar-refractivity contribution is 0.275. The van der Waals surface area contributed by atoms with Crippen molar-refractivity contribution >= 4 is 11.6 Å². The van der Waals surface area contributed by atoms with Crippen LogP contribution < -0.4 is 0 Å². The number of halogens is 1. The quantitative estimate of drug-likeness (QED) is 0.771. The average molecular weight is 197 g/mol. The largest absolute Gasteiger partial charge is 0.396 e. The maximum absolute atomic E-state index is 8.88. The van der Waals surface area contributed by atoms with Gasteiger partial charge in [-0.3, -0.25) is 0 Å². The Balaban J connectivity index is 2.27. The van der Waals surface area contributed by atoms with E-state index in [0.29, 0.717) is 5.92 Å². The summed E-state index contributed by atoms with van der Waals surface area (Å²) >= 11 is 5.90. The standard InChI is InChI=1S/C11H13ClO/c12-10-3-4-11-8(5-6-13)1-2-9(11)7-10/h3-4,7-8,13H,1-2,5-6H2. The molecule has 2 heteroatoms. The van der Waals surface area contributed by atoms with Crippen LogP contribution in [0.15, 0.2) is 18.2 Å². The van der Waals surface area contributed by atoms with Crippen molar-refractivity contribution in [1.29, 1.82) is 0 Å². The number of aryl methyl sites for hydroxylation is 1. The Bertz CT molecular complexity index is 309. The van der Waals surface area contributed by atoms with E-state index in [-0.39, 0.29) is 6.61 Å². The molecular formula is C11H13ClO. The third kappa shape index (κ3) is 1.72. The maximum Gasteiger partial charge on any atom is 0.0436 e. The fourth-order valence-electron chi connectivity index (χ4n) is 2.13. The van der Waals surface area contributed by atoms with Gasteiger partial charge < -0.3 is 5.11 Å². The van der Waals surface area contributed by atoms with Gasteiger partial charge in [-0.25, -0.2) is 0 Å². The van der Waals surface area contributed by atoms with Gasteiger partial charge >= 0.3 is 0 Å². The molecule has 1 aliphatic carbocycles. The highest BCUT2D eigenvalue weighted by atomic mass is 35.5. The lowest BCUT2D eigenvalue weighted by Gasteiger charge is -2.08. The predicted molar refractivity (Wildman–Crippen MR) is 54.2 cm³/mol. The number of aliphatic hydroxyl groups is 1. The van der Waals surface area contributed by atoms with Crippen LogP contribution in [-0.4, -0.2) is 11.7 Å². The molecule has 0 saturated carbocycles. The van der Waals surface area contributed by atoms with Gasteiger partial charge in [0, 0.05) is 11.6 Å². The first kappa shape index (κ1) is 9.04. The van der Waals surface area contributed by atoms with Crippen molar-refractivity contribution in [3.8, 4) is 0 Å². The minimum Gasteiger partial charge on any atom is -0.396 e. The van der Waals surface area contributed by atoms with E-state index in [1.165, 1.54) is 11.1 Å². The molecule has 0 saturated heterocycles. The number of rotatable bonds is 2. The predicted octanol–water partition coefficient (Wildman–Crippen LogP) is 2.75. The first-order valence-electron chi connectivity index (χ1n) is 4.70. The zero-order valence-corrected chi connectivity index (χ0v) is 8.22. The molecular weight excluding hydrogens is 184 g/mol. The van der Waals surface area contributed by atoms with E-state index >= 15 is 0 Å². The number of fused-ring (bicyclic) bond motifs is 1. The summed E-state index contributed by atoms with van der Waals surface area (Å²) in [4.78, 5) is 0. The van der Waals surface area contributed by atoms with Gasteiger partial charge in [0.25, 0.3) is 0 Å². The number of benzene rings is 1. The molecule has 1 aromatic carbocycles. The molecule has 0 aromatic heterocycles. The van der Waals surface area contributed by atoms with Crippen LogP contribution in [0.2, 0.25) is 5.02 Å². The van der Waals surface area contributed by atoms with Crippen molar-refractivity contribution in [3.05, 3.63) is 34.3 Å². The Hall–Kier alpha value is -0.530. The Morgan fingerprint density at radius 1 is 1.46 bits per heavy atom. The SMILES string of the molecule is OCCC1CCc2cc(Cl)ccc21. The third-order valence-corrected chi connectivity index (χ3v) is 3.02. The molecule has 70 valence electrons. The van der Waals surface area contributed by atoms with Crippen LogP contribution in [0.25, 0.3) is 0 Å². The van der Waals surface area contributed by atoms with E-state index < -0.39 is 0 Å². The van der Waals surface area contributed by atoms with Gasteiger partial charge in [0.2, 0.25) is 0 Å². The highest BCUT2D eigenvalue weighted by Crippen LogP contribution is 2.36. The van der Waals surface area contributed by atoms with Gasteiger partial charge in [0.05, 0.1) is 0 Å². The van der Waals surface area contributed by atoms with E-state index in [9.17, 15) is 0 Å². The second kappa shape index (κ2) is 3.69. The molecule has 0 radical (unpaired) electrons. The van der Waals surface area contributed by atoms with Gasteiger partial charge in [-0.15, -0.1) is 0 Å². The molecule has 1 N–H and O–H groups in total. The summed E-state index contributed by atoms with van der Waals surface area (Å²) in [5, 5.41) is 9.70. The van der Waals surface area contributed by atoms with E-state index in [0.717, 1.165) is 24.3 Å². The van der Waals surface area contributed by atoms with Crippen LogP contribution in [0.3, 0.4) is 0 Å². The van der Waals surface area contributed by atoms with Crippen LogP contribution in [0, 0.1) is 0 Å². The number of hydrogen-bond acceptors (Lipinski definition) is 1. The summed E-state index contributed by atoms with van der Waals surface area (Å²) in [6, 6.07) is 6.09. The smallest absolute Gasteiger partial charge is 0.0436 e. The fourth-order valence-corrected chi connectivity index (χ4v) is 2.32. The lowest BCUT2D eigenvalue weighted by atomic mass is 9.98. The van der Waals surface area contributed by atoms with Crippen LogP contribution in [0.4, 0.5) is 0 Å². The monoisotopic (exact) mass is 196 g/mol. The molecule has 0 spiro atoms. The molecule has 1 aromatic rings. The third-order valence-electron chi connectivity index (χ3n) is 2.78. The van der Waals surface area contributed by atoms with Crippen LogP contribution in [0.1, 0.15) is 29.9 Å². The molecule has 1 unspecified atom stereocenters. The molecule has 0 heterocycles. The topological polar surface area (TPSA) is 20.2 Å². The summed E-state index contributed by atoms with van der Waals surface area (Å²) in [5.74, 6) is 0.553. The van der Waals surface area contributed by atoms with Crippen molar-refractivity contribution < 1.29 is 5.11 Å². The number of aliphatic hydroxyl groups excluding tert-OH is 1. The molecule has 13 heavy (non-hydrogen) atoms. The van der Waals surface area contributed by atoms with Crippen molar-refractivity contribution in [3.63, 3.8) is 0 Å². The van der Waals surface area contributed by atoms with E-state index in [1.54, 1.807) is 0 Å². The Morgan fingerprint density at radius 2 is 2.31 bits per heavy atom. The highest BCUT2D eigenvalue weighted by Gasteiger charge is 2.21. The van der Waals surface area contributed by atoms with Gasteiger partial charge in [0.1, 0.15) is 0 Å². The zero-order chi connectivity index (χ0) is 9.26. The Morgan fingerprint density at radius 3 is 3.08 bits per heavy atom. The zero-order valence-electron chi connectivity index (χ0n) is 7.46. The van der Waals surface area contributed by atoms with Gasteiger partial charge in [-0.1, -0.05) is 17.7 Å². The summed E-state index contributed by atoms with van der Waals surface area (Å²) < 4.78 is 0. The Kier molecular flexibility index (Phi) is 2.56. The van der Waals surface area contributed by atoms with Crippen LogP contribution in [0.5, 0.6) is 0 Å². The first-order valence-corrected chi connectivity index (χ1v) is 5.08. The van der Waals surface area contributed by atoms with Crippen molar-refractivity contribution in [1.82, 2.24) is 0 Å². The molecule has 1 aliphatic rings. The van der Waals surface area contributed by atoms with Gasteiger partial charge in [0.15, 0.2) is 0 Å². The molecule has 2 rings (SSSR count). The van der Waals surface area contributed by atoms with E-state index in [2.05, 4.69) is 6.07 Å². The minimum absolute atomic E-state index is 0.284. The summed E-state index contributed by atoms with van der Waals surface area (Å²) in [6.45, 7) is 0.284. The molecule has 0 fully saturated rings. The maximum atomic E-state index is 8.88. The summed E-state index contributed by atoms with van der Waals surface area (Å²) in [7, 11) is 0. The fraction of sp³-hybridized carbons (Fsp3) is 0.455. The molecule has 1 nitrogen and oxygen atoms in total. The summed E-state index contributed by atoms with van der Waals surface area (Å²) in [5.41, 5.74) is 2.75. The van der Waals surface area contributed by atoms with Crippen molar-refractivity contribution in [2.24, 2.45) is 0 Å². The van der Waals surface area contributed by atoms with Crippen molar-refractivity contribution in [2.45, 2.75) is 25.2 Å². The second-order valence-corrected chi connectivity index (χ2v) is 4.03. The second-order valence-electron chi connectivity index (χ2n) is 3.59. The normalized spacial score (nSPS) is 20.3. The van der Waals surface area contributed by atoms with E-state index in [1.807, 2.05) is 12.1 Å². The average Bonchev–Trinajstić information content (AvgIpc) is 2.49. The van der Waals surface area contributed by atoms with E-state index in [4.69, 9.17) is 16.7 Å². The van der Waals surface area contributed by atoms with Crippen LogP contribution >= 0.6 is 11.6 Å². The van der Waals surface area contributed by atoms with Gasteiger partial charge in [-0.05, 0) is 48.4 Å². The van der Waals surface area contributed by atoms with Gasteiger partial charge in [-0.2, -0.15) is 0 Å². The highest BCUT2D eigenvalue weighted by molar-refractivity contribution is 6.30. The number of hydrogen-bond donors (Lipinski definition) is 1. The van der Waals surface area contributed by atoms with Crippen molar-refractivity contribution in [2.75, 3.05) is 6.61 Å². The molecule has 0 aliphatic heterocycles. The van der Waals surface area contributed by atoms with Crippen LogP contribution in [-0.2, 0) is 6.42 Å². The molecule has 0 bridgehead atoms. The Labute approximate surface area is 83.3 Å². The minimum atomic E-state index is 0.284. The lowest BCUT2D eigenvalue weighted by Crippen LogP contribution is -1.96. The molecule has 0 amide bonds. The molecule has 1 atom stereocenters.